The summed E-state index contributed by atoms with van der Waals surface area (Å²) >= 11 is 0. The number of carboxylic acids is 2. The summed E-state index contributed by atoms with van der Waals surface area (Å²) < 4.78 is 0. The number of hydrogen-bond donors (Lipinski definition) is 0. The molecule has 0 aromatic rings. The molecule has 0 aliphatic heterocycles. The normalized spacial score (nSPS) is 10.7. The zero-order valence-electron chi connectivity index (χ0n) is 33.4. The molecule has 10 heteroatoms. The van der Waals surface area contributed by atoms with Gasteiger partial charge in [-0.1, -0.05) is 155 Å². The smallest absolute Gasteiger partial charge is 0.550 e. The van der Waals surface area contributed by atoms with Gasteiger partial charge >= 0.3 is 59.1 Å². The van der Waals surface area contributed by atoms with Gasteiger partial charge in [-0.25, -0.2) is 0 Å². The summed E-state index contributed by atoms with van der Waals surface area (Å²) in [6.45, 7) is 5.59. The second-order valence-corrected chi connectivity index (χ2v) is 14.0. The molecule has 0 spiro atoms. The molecule has 0 radical (unpaired) electrons. The van der Waals surface area contributed by atoms with E-state index in [1.807, 2.05) is 0 Å². The van der Waals surface area contributed by atoms with Crippen LogP contribution in [0, 0.1) is 0 Å². The summed E-state index contributed by atoms with van der Waals surface area (Å²) in [6.07, 6.45) is 31.0. The summed E-state index contributed by atoms with van der Waals surface area (Å²) in [7, 11) is 0. The van der Waals surface area contributed by atoms with Gasteiger partial charge in [0.2, 0.25) is 11.8 Å². The minimum absolute atomic E-state index is 0. The molecule has 8 nitrogen and oxygen atoms in total. The van der Waals surface area contributed by atoms with Gasteiger partial charge < -0.3 is 29.6 Å². The fourth-order valence-electron chi connectivity index (χ4n) is 6.33. The van der Waals surface area contributed by atoms with Gasteiger partial charge in [0, 0.05) is 63.8 Å². The Hall–Kier alpha value is -0.120. The van der Waals surface area contributed by atoms with Gasteiger partial charge in [0.25, 0.3) is 0 Å². The number of carbonyl (C=O) groups excluding carboxylic acids is 4. The number of carbonyl (C=O) groups is 4. The number of aliphatic carboxylic acids is 2. The van der Waals surface area contributed by atoms with Crippen LogP contribution in [0.5, 0.6) is 0 Å². The first kappa shape index (κ1) is 54.2. The van der Waals surface area contributed by atoms with E-state index < -0.39 is 11.9 Å². The molecule has 0 N–H and O–H groups in total. The van der Waals surface area contributed by atoms with Crippen molar-refractivity contribution in [1.82, 2.24) is 9.80 Å². The minimum atomic E-state index is -1.17. The van der Waals surface area contributed by atoms with Crippen molar-refractivity contribution in [1.29, 1.82) is 0 Å². The van der Waals surface area contributed by atoms with E-state index in [9.17, 15) is 29.4 Å². The molecule has 0 aromatic carbocycles. The van der Waals surface area contributed by atoms with E-state index in [4.69, 9.17) is 0 Å². The first-order valence-electron chi connectivity index (χ1n) is 20.3. The zero-order valence-corrected chi connectivity index (χ0v) is 37.4. The van der Waals surface area contributed by atoms with E-state index in [2.05, 4.69) is 13.8 Å². The molecule has 0 saturated carbocycles. The zero-order chi connectivity index (χ0) is 35.5. The number of unbranched alkanes of at least 4 members (excludes halogenated alkanes) is 23. The van der Waals surface area contributed by atoms with E-state index in [1.165, 1.54) is 116 Å². The van der Waals surface area contributed by atoms with Crippen LogP contribution in [0.1, 0.15) is 206 Å². The van der Waals surface area contributed by atoms with E-state index in [-0.39, 0.29) is 96.9 Å². The molecule has 0 atom stereocenters. The van der Waals surface area contributed by atoms with Crippen LogP contribution in [0.2, 0.25) is 0 Å². The Morgan fingerprint density at radius 3 is 0.820 bits per heavy atom. The summed E-state index contributed by atoms with van der Waals surface area (Å²) in [5.74, 6) is -2.40. The molecule has 0 heterocycles. The SMILES string of the molecule is CCCCCCCCCCCCCCC(=O)N(CCCCN(CCC(=O)[O-])C(=O)CCCCCCCCCCCCCC)CCC(=O)[O-].[Na+].[Na+]. The van der Waals surface area contributed by atoms with Crippen molar-refractivity contribution in [3.8, 4) is 0 Å². The second kappa shape index (κ2) is 41.6. The van der Waals surface area contributed by atoms with E-state index in [0.717, 1.165) is 38.5 Å². The van der Waals surface area contributed by atoms with Crippen molar-refractivity contribution >= 4 is 23.8 Å². The van der Waals surface area contributed by atoms with E-state index >= 15 is 0 Å². The molecule has 0 rings (SSSR count). The third kappa shape index (κ3) is 37.6. The van der Waals surface area contributed by atoms with Gasteiger partial charge in [-0.2, -0.15) is 0 Å². The van der Waals surface area contributed by atoms with Crippen LogP contribution >= 0.6 is 0 Å². The number of rotatable bonds is 37. The van der Waals surface area contributed by atoms with Crippen LogP contribution in [0.15, 0.2) is 0 Å². The maximum absolute atomic E-state index is 12.9. The van der Waals surface area contributed by atoms with Crippen molar-refractivity contribution in [2.24, 2.45) is 0 Å². The molecular formula is C40H74N2Na2O6. The van der Waals surface area contributed by atoms with Crippen molar-refractivity contribution < 1.29 is 88.5 Å². The first-order valence-corrected chi connectivity index (χ1v) is 20.3. The molecule has 50 heavy (non-hydrogen) atoms. The topological polar surface area (TPSA) is 121 Å². The van der Waals surface area contributed by atoms with Gasteiger partial charge in [0.15, 0.2) is 0 Å². The van der Waals surface area contributed by atoms with Crippen LogP contribution in [-0.4, -0.2) is 59.7 Å². The molecule has 0 unspecified atom stereocenters. The van der Waals surface area contributed by atoms with Crippen LogP contribution in [0.25, 0.3) is 0 Å². The van der Waals surface area contributed by atoms with Gasteiger partial charge in [0.05, 0.1) is 0 Å². The average Bonchev–Trinajstić information content (AvgIpc) is 3.06. The standard InChI is InChI=1S/C40H76N2O6.2Na/c1-3-5-7-9-11-13-15-17-19-21-23-25-29-37(43)41(35-31-39(45)46)33-27-28-34-42(36-32-40(47)48)38(44)30-26-24-22-20-18-16-14-12-10-8-6-4-2;;/h3-36H2,1-2H3,(H,45,46)(H,47,48);;/q;2*+1/p-2. The Kier molecular flexibility index (Phi) is 45.2. The van der Waals surface area contributed by atoms with Crippen molar-refractivity contribution in [3.63, 3.8) is 0 Å². The average molecular weight is 725 g/mol. The number of amides is 2. The van der Waals surface area contributed by atoms with Crippen LogP contribution in [0.3, 0.4) is 0 Å². The number of nitrogens with zero attached hydrogens (tertiary/aromatic N) is 2. The molecule has 0 saturated heterocycles. The van der Waals surface area contributed by atoms with E-state index in [1.54, 1.807) is 9.80 Å². The van der Waals surface area contributed by atoms with Crippen LogP contribution in [0.4, 0.5) is 0 Å². The predicted octanol–water partition coefficient (Wildman–Crippen LogP) is 1.89. The third-order valence-corrected chi connectivity index (χ3v) is 9.47. The summed E-state index contributed by atoms with van der Waals surface area (Å²) in [5.41, 5.74) is 0. The Morgan fingerprint density at radius 2 is 0.580 bits per heavy atom. The minimum Gasteiger partial charge on any atom is -0.550 e. The maximum Gasteiger partial charge on any atom is 1.00 e. The quantitative estimate of drug-likeness (QED) is 0.0714. The van der Waals surface area contributed by atoms with Crippen molar-refractivity contribution in [2.75, 3.05) is 26.2 Å². The van der Waals surface area contributed by atoms with Gasteiger partial charge in [-0.05, 0) is 25.7 Å². The Balaban J connectivity index is -0.0000110. The summed E-state index contributed by atoms with van der Waals surface area (Å²) in [5, 5.41) is 22.2. The molecule has 282 valence electrons. The predicted molar refractivity (Wildman–Crippen MR) is 193 cm³/mol. The van der Waals surface area contributed by atoms with Crippen molar-refractivity contribution in [2.45, 2.75) is 206 Å². The first-order chi connectivity index (χ1) is 23.3. The molecule has 2 amide bonds. The Bertz CT molecular complexity index is 738. The van der Waals surface area contributed by atoms with Crippen LogP contribution in [-0.2, 0) is 19.2 Å². The molecule has 0 fully saturated rings. The van der Waals surface area contributed by atoms with Gasteiger partial charge in [0.1, 0.15) is 0 Å². The molecule has 0 aliphatic rings. The monoisotopic (exact) mass is 725 g/mol. The van der Waals surface area contributed by atoms with Crippen LogP contribution < -0.4 is 69.3 Å². The van der Waals surface area contributed by atoms with Gasteiger partial charge in [-0.15, -0.1) is 0 Å². The molecular weight excluding hydrogens is 650 g/mol. The summed E-state index contributed by atoms with van der Waals surface area (Å²) in [6, 6.07) is 0. The van der Waals surface area contributed by atoms with Gasteiger partial charge in [-0.3, -0.25) is 9.59 Å². The third-order valence-electron chi connectivity index (χ3n) is 9.47. The fraction of sp³-hybridized carbons (Fsp3) is 0.900. The fourth-order valence-corrected chi connectivity index (χ4v) is 6.33. The Morgan fingerprint density at radius 1 is 0.340 bits per heavy atom. The molecule has 0 aromatic heterocycles. The maximum atomic E-state index is 12.9. The Labute approximate surface area is 352 Å². The largest absolute Gasteiger partial charge is 1.00 e. The summed E-state index contributed by atoms with van der Waals surface area (Å²) in [4.78, 5) is 51.3. The van der Waals surface area contributed by atoms with E-state index in [0.29, 0.717) is 38.8 Å². The molecule has 0 aliphatic carbocycles. The second-order valence-electron chi connectivity index (χ2n) is 14.0. The molecule has 0 bridgehead atoms. The number of hydrogen-bond acceptors (Lipinski definition) is 6. The number of carboxylic acid groups (broad SMARTS) is 2. The van der Waals surface area contributed by atoms with Crippen molar-refractivity contribution in [3.05, 3.63) is 0 Å².